The van der Waals surface area contributed by atoms with Crippen LogP contribution in [0.1, 0.15) is 31.1 Å². The Hall–Kier alpha value is -3.37. The average molecular weight is 497 g/mol. The van der Waals surface area contributed by atoms with Crippen LogP contribution in [0.3, 0.4) is 0 Å². The fourth-order valence-corrected chi connectivity index (χ4v) is 5.18. The van der Waals surface area contributed by atoms with Crippen LogP contribution >= 0.6 is 0 Å². The zero-order chi connectivity index (χ0) is 25.9. The van der Waals surface area contributed by atoms with Crippen molar-refractivity contribution in [1.29, 1.82) is 0 Å². The quantitative estimate of drug-likeness (QED) is 0.243. The molecule has 9 nitrogen and oxygen atoms in total. The van der Waals surface area contributed by atoms with Crippen molar-refractivity contribution in [2.75, 3.05) is 14.2 Å². The molecule has 1 saturated heterocycles. The van der Waals surface area contributed by atoms with Crippen molar-refractivity contribution >= 4 is 32.5 Å². The lowest BCUT2D eigenvalue weighted by atomic mass is 9.92. The number of hydrogen-bond donors (Lipinski definition) is 4. The van der Waals surface area contributed by atoms with Gasteiger partial charge >= 0.3 is 5.63 Å². The fraction of sp³-hybridized carbons (Fsp3) is 0.370. The lowest BCUT2D eigenvalue weighted by Gasteiger charge is -2.20. The summed E-state index contributed by atoms with van der Waals surface area (Å²) >= 11 is 0. The maximum absolute atomic E-state index is 13.2. The second-order valence-corrected chi connectivity index (χ2v) is 9.09. The third-order valence-corrected chi connectivity index (χ3v) is 6.99. The predicted octanol–water partition coefficient (Wildman–Crippen LogP) is 2.93. The number of aryl methyl sites for hydroxylation is 1. The largest absolute Gasteiger partial charge is 0.507 e. The van der Waals surface area contributed by atoms with Crippen molar-refractivity contribution in [1.82, 2.24) is 0 Å². The molecule has 36 heavy (non-hydrogen) atoms. The van der Waals surface area contributed by atoms with Gasteiger partial charge in [-0.25, -0.2) is 4.79 Å². The number of rotatable bonds is 5. The molecule has 0 spiro atoms. The van der Waals surface area contributed by atoms with E-state index in [0.29, 0.717) is 39.6 Å². The second-order valence-electron chi connectivity index (χ2n) is 9.09. The number of benzene rings is 3. The van der Waals surface area contributed by atoms with Crippen LogP contribution in [0.2, 0.25) is 0 Å². The molecule has 4 N–H and O–H groups in total. The summed E-state index contributed by atoms with van der Waals surface area (Å²) in [6, 6.07) is 8.23. The molecule has 0 unspecified atom stereocenters. The summed E-state index contributed by atoms with van der Waals surface area (Å²) in [6.45, 7) is 3.43. The van der Waals surface area contributed by atoms with E-state index in [-0.39, 0.29) is 22.1 Å². The van der Waals surface area contributed by atoms with Crippen LogP contribution in [0.25, 0.3) is 32.5 Å². The van der Waals surface area contributed by atoms with Crippen molar-refractivity contribution < 1.29 is 39.1 Å². The summed E-state index contributed by atoms with van der Waals surface area (Å²) in [5.74, 6) is 0.643. The van der Waals surface area contributed by atoms with E-state index in [1.165, 1.54) is 33.3 Å². The summed E-state index contributed by atoms with van der Waals surface area (Å²) in [5, 5.41) is 44.1. The minimum absolute atomic E-state index is 0.136. The van der Waals surface area contributed by atoms with Crippen LogP contribution in [0.5, 0.6) is 17.2 Å². The molecule has 0 bridgehead atoms. The first-order valence-corrected chi connectivity index (χ1v) is 11.7. The van der Waals surface area contributed by atoms with Gasteiger partial charge in [-0.05, 0) is 48.7 Å². The van der Waals surface area contributed by atoms with Gasteiger partial charge in [0, 0.05) is 16.2 Å². The third-order valence-electron chi connectivity index (χ3n) is 6.99. The first-order chi connectivity index (χ1) is 17.2. The maximum atomic E-state index is 13.2. The number of aliphatic hydroxyl groups is 3. The SMILES string of the molecule is CCc1cc(OC)c2c(c1)c(=O)oc1c2cc(OC)c2c(O)ccc([C@@H]3O[C@@H]([C@H](C)O)[C@@H](O)[C@H]3O)c21. The van der Waals surface area contributed by atoms with Crippen LogP contribution in [-0.2, 0) is 11.2 Å². The molecular weight excluding hydrogens is 468 g/mol. The Bertz CT molecular complexity index is 1540. The first kappa shape index (κ1) is 24.3. The average Bonchev–Trinajstić information content (AvgIpc) is 3.17. The van der Waals surface area contributed by atoms with Crippen molar-refractivity contribution in [3.63, 3.8) is 0 Å². The molecule has 0 aliphatic carbocycles. The second kappa shape index (κ2) is 8.94. The van der Waals surface area contributed by atoms with Gasteiger partial charge in [0.15, 0.2) is 0 Å². The highest BCUT2D eigenvalue weighted by molar-refractivity contribution is 6.19. The minimum Gasteiger partial charge on any atom is -0.507 e. The molecular formula is C27H28O9. The molecule has 3 aromatic carbocycles. The van der Waals surface area contributed by atoms with E-state index in [9.17, 15) is 25.2 Å². The Morgan fingerprint density at radius 1 is 0.972 bits per heavy atom. The smallest absolute Gasteiger partial charge is 0.344 e. The lowest BCUT2D eigenvalue weighted by molar-refractivity contribution is -0.0586. The number of hydrogen-bond acceptors (Lipinski definition) is 9. The van der Waals surface area contributed by atoms with Crippen molar-refractivity contribution in [3.05, 3.63) is 51.9 Å². The number of aliphatic hydroxyl groups excluding tert-OH is 3. The van der Waals surface area contributed by atoms with E-state index >= 15 is 0 Å². The van der Waals surface area contributed by atoms with Crippen LogP contribution < -0.4 is 15.1 Å². The number of methoxy groups -OCH3 is 2. The molecule has 1 aliphatic heterocycles. The van der Waals surface area contributed by atoms with Gasteiger partial charge in [-0.2, -0.15) is 0 Å². The molecule has 5 rings (SSSR count). The van der Waals surface area contributed by atoms with Gasteiger partial charge in [0.25, 0.3) is 0 Å². The van der Waals surface area contributed by atoms with Crippen LogP contribution in [0.15, 0.2) is 39.5 Å². The van der Waals surface area contributed by atoms with E-state index in [2.05, 4.69) is 0 Å². The molecule has 0 amide bonds. The van der Waals surface area contributed by atoms with E-state index in [4.69, 9.17) is 18.6 Å². The van der Waals surface area contributed by atoms with Gasteiger partial charge in [0.05, 0.1) is 31.1 Å². The third kappa shape index (κ3) is 3.50. The van der Waals surface area contributed by atoms with Crippen LogP contribution in [0.4, 0.5) is 0 Å². The Balaban J connectivity index is 1.95. The van der Waals surface area contributed by atoms with E-state index in [1.807, 2.05) is 13.0 Å². The van der Waals surface area contributed by atoms with Crippen molar-refractivity contribution in [3.8, 4) is 17.2 Å². The van der Waals surface area contributed by atoms with Crippen LogP contribution in [0, 0.1) is 0 Å². The number of phenols is 1. The Kier molecular flexibility index (Phi) is 6.04. The molecule has 0 radical (unpaired) electrons. The fourth-order valence-electron chi connectivity index (χ4n) is 5.18. The van der Waals surface area contributed by atoms with Gasteiger partial charge < -0.3 is 39.1 Å². The van der Waals surface area contributed by atoms with E-state index in [1.54, 1.807) is 12.1 Å². The summed E-state index contributed by atoms with van der Waals surface area (Å²) < 4.78 is 23.0. The van der Waals surface area contributed by atoms with Gasteiger partial charge in [-0.1, -0.05) is 13.0 Å². The maximum Gasteiger partial charge on any atom is 0.344 e. The molecule has 0 saturated carbocycles. The zero-order valence-corrected chi connectivity index (χ0v) is 20.3. The Morgan fingerprint density at radius 3 is 2.28 bits per heavy atom. The molecule has 190 valence electrons. The number of fused-ring (bicyclic) bond motifs is 5. The molecule has 4 aromatic rings. The Labute approximate surface area is 206 Å². The van der Waals surface area contributed by atoms with Crippen molar-refractivity contribution in [2.45, 2.75) is 50.8 Å². The standard InChI is InChI=1S/C27H28O9/c1-5-12-8-15-19(17(9-12)33-3)14-10-18(34-4)21-16(29)7-6-13(20(21)25(14)36-27(15)32)26-23(31)22(30)24(35-26)11(2)28/h6-11,22-24,26,28-31H,5H2,1-4H3/t11-,22-,23+,24-,26-/m0/s1. The van der Waals surface area contributed by atoms with Gasteiger partial charge in [-0.15, -0.1) is 0 Å². The Morgan fingerprint density at radius 2 is 1.67 bits per heavy atom. The van der Waals surface area contributed by atoms with Gasteiger partial charge in [0.1, 0.15) is 47.2 Å². The number of aromatic hydroxyl groups is 1. The van der Waals surface area contributed by atoms with Gasteiger partial charge in [-0.3, -0.25) is 0 Å². The summed E-state index contributed by atoms with van der Waals surface area (Å²) in [6.07, 6.45) is -5.21. The predicted molar refractivity (Wildman–Crippen MR) is 133 cm³/mol. The summed E-state index contributed by atoms with van der Waals surface area (Å²) in [5.41, 5.74) is 0.801. The molecule has 1 aliphatic rings. The monoisotopic (exact) mass is 496 g/mol. The van der Waals surface area contributed by atoms with Crippen molar-refractivity contribution in [2.24, 2.45) is 0 Å². The molecule has 9 heteroatoms. The first-order valence-electron chi connectivity index (χ1n) is 11.7. The minimum atomic E-state index is -1.38. The highest BCUT2D eigenvalue weighted by Crippen LogP contribution is 2.47. The zero-order valence-electron chi connectivity index (χ0n) is 20.3. The highest BCUT2D eigenvalue weighted by Gasteiger charge is 2.46. The lowest BCUT2D eigenvalue weighted by Crippen LogP contribution is -2.36. The topological polar surface area (TPSA) is 139 Å². The highest BCUT2D eigenvalue weighted by atomic mass is 16.6. The van der Waals surface area contributed by atoms with Crippen LogP contribution in [-0.4, -0.2) is 59.1 Å². The molecule has 1 fully saturated rings. The van der Waals surface area contributed by atoms with E-state index < -0.39 is 36.1 Å². The molecule has 2 heterocycles. The molecule has 1 aromatic heterocycles. The normalized spacial score (nSPS) is 23.0. The number of phenolic OH excluding ortho intramolecular Hbond substituents is 1. The van der Waals surface area contributed by atoms with E-state index in [0.717, 1.165) is 5.56 Å². The summed E-state index contributed by atoms with van der Waals surface area (Å²) in [4.78, 5) is 13.2. The summed E-state index contributed by atoms with van der Waals surface area (Å²) in [7, 11) is 2.97. The molecule has 5 atom stereocenters. The number of ether oxygens (including phenoxy) is 3. The van der Waals surface area contributed by atoms with Gasteiger partial charge in [0.2, 0.25) is 0 Å².